The predicted molar refractivity (Wildman–Crippen MR) is 69.4 cm³/mol. The number of rotatable bonds is 3. The van der Waals surface area contributed by atoms with Gasteiger partial charge in [-0.15, -0.1) is 0 Å². The van der Waals surface area contributed by atoms with Gasteiger partial charge < -0.3 is 10.0 Å². The van der Waals surface area contributed by atoms with Crippen LogP contribution in [-0.2, 0) is 12.0 Å². The van der Waals surface area contributed by atoms with E-state index in [1.165, 1.54) is 0 Å². The summed E-state index contributed by atoms with van der Waals surface area (Å²) in [7, 11) is 0. The molecule has 1 saturated carbocycles. The molecule has 1 heterocycles. The fraction of sp³-hybridized carbons (Fsp3) is 0.533. The Hall–Kier alpha value is -1.35. The number of benzene rings is 1. The van der Waals surface area contributed by atoms with Crippen molar-refractivity contribution >= 4 is 5.91 Å². The third-order valence-electron chi connectivity index (χ3n) is 4.11. The number of carbonyl (C=O) groups is 1. The molecule has 1 fully saturated rings. The molecule has 0 saturated heterocycles. The number of carbonyl (C=O) groups excluding carboxylic acids is 1. The Labute approximate surface area is 107 Å². The van der Waals surface area contributed by atoms with Gasteiger partial charge in [-0.05, 0) is 30.0 Å². The molecule has 0 unspecified atom stereocenters. The van der Waals surface area contributed by atoms with Gasteiger partial charge in [0.1, 0.15) is 0 Å². The lowest BCUT2D eigenvalue weighted by Gasteiger charge is -2.22. The molecule has 0 atom stereocenters. The van der Waals surface area contributed by atoms with Gasteiger partial charge in [-0.25, -0.2) is 0 Å². The summed E-state index contributed by atoms with van der Waals surface area (Å²) in [5.74, 6) is 0.170. The molecule has 0 spiro atoms. The molecule has 0 aromatic heterocycles. The maximum Gasteiger partial charge on any atom is 0.254 e. The zero-order valence-corrected chi connectivity index (χ0v) is 10.9. The molecular formula is C15H19NO2. The zero-order valence-electron chi connectivity index (χ0n) is 10.9. The fourth-order valence-electron chi connectivity index (χ4n) is 2.52. The van der Waals surface area contributed by atoms with Crippen molar-refractivity contribution in [3.63, 3.8) is 0 Å². The Balaban J connectivity index is 1.96. The van der Waals surface area contributed by atoms with Gasteiger partial charge in [-0.3, -0.25) is 4.79 Å². The first-order valence-corrected chi connectivity index (χ1v) is 6.58. The van der Waals surface area contributed by atoms with Gasteiger partial charge in [0.25, 0.3) is 5.91 Å². The van der Waals surface area contributed by atoms with Crippen LogP contribution in [0.5, 0.6) is 0 Å². The van der Waals surface area contributed by atoms with Crippen molar-refractivity contribution in [2.45, 2.75) is 44.7 Å². The highest BCUT2D eigenvalue weighted by atomic mass is 16.3. The average molecular weight is 245 g/mol. The van der Waals surface area contributed by atoms with Crippen LogP contribution in [0.15, 0.2) is 18.2 Å². The molecule has 1 aliphatic heterocycles. The van der Waals surface area contributed by atoms with Crippen LogP contribution in [-0.4, -0.2) is 28.6 Å². The number of aliphatic hydroxyl groups is 1. The average Bonchev–Trinajstić information content (AvgIpc) is 3.15. The first-order chi connectivity index (χ1) is 8.53. The van der Waals surface area contributed by atoms with E-state index in [2.05, 4.69) is 0 Å². The summed E-state index contributed by atoms with van der Waals surface area (Å²) < 4.78 is 0. The molecule has 0 bridgehead atoms. The molecule has 1 N–H and O–H groups in total. The molecular weight excluding hydrogens is 226 g/mol. The number of nitrogens with zero attached hydrogens (tertiary/aromatic N) is 1. The maximum atomic E-state index is 12.3. The smallest absolute Gasteiger partial charge is 0.254 e. The molecule has 2 aliphatic rings. The van der Waals surface area contributed by atoms with Crippen LogP contribution in [0.25, 0.3) is 0 Å². The van der Waals surface area contributed by atoms with Gasteiger partial charge in [0.2, 0.25) is 0 Å². The van der Waals surface area contributed by atoms with Crippen LogP contribution in [0.2, 0.25) is 0 Å². The normalized spacial score (nSPS) is 19.3. The van der Waals surface area contributed by atoms with E-state index in [0.717, 1.165) is 36.1 Å². The highest BCUT2D eigenvalue weighted by molar-refractivity contribution is 5.99. The summed E-state index contributed by atoms with van der Waals surface area (Å²) >= 11 is 0. The lowest BCUT2D eigenvalue weighted by Crippen LogP contribution is -2.26. The molecule has 18 heavy (non-hydrogen) atoms. The quantitative estimate of drug-likeness (QED) is 0.885. The van der Waals surface area contributed by atoms with Crippen LogP contribution in [0.1, 0.15) is 48.2 Å². The van der Waals surface area contributed by atoms with E-state index in [9.17, 15) is 9.90 Å². The molecule has 3 rings (SSSR count). The van der Waals surface area contributed by atoms with Gasteiger partial charge in [-0.2, -0.15) is 0 Å². The zero-order chi connectivity index (χ0) is 12.9. The highest BCUT2D eigenvalue weighted by Crippen LogP contribution is 2.36. The van der Waals surface area contributed by atoms with Gasteiger partial charge in [0, 0.05) is 23.6 Å². The minimum Gasteiger partial charge on any atom is -0.395 e. The molecule has 1 aromatic rings. The van der Waals surface area contributed by atoms with Crippen LogP contribution in [0.4, 0.5) is 0 Å². The molecule has 1 aromatic carbocycles. The third kappa shape index (κ3) is 1.74. The van der Waals surface area contributed by atoms with Crippen molar-refractivity contribution in [3.8, 4) is 0 Å². The van der Waals surface area contributed by atoms with Gasteiger partial charge in [-0.1, -0.05) is 26.0 Å². The molecule has 96 valence electrons. The standard InChI is InChI=1S/C15H19NO2/c1-15(2,9-17)11-4-3-10-8-16(12-5-6-12)14(18)13(10)7-11/h3-4,7,12,17H,5-6,8-9H2,1-2H3. The van der Waals surface area contributed by atoms with Crippen LogP contribution >= 0.6 is 0 Å². The third-order valence-corrected chi connectivity index (χ3v) is 4.11. The topological polar surface area (TPSA) is 40.5 Å². The summed E-state index contributed by atoms with van der Waals surface area (Å²) in [6, 6.07) is 6.52. The summed E-state index contributed by atoms with van der Waals surface area (Å²) in [4.78, 5) is 14.3. The predicted octanol–water partition coefficient (Wildman–Crippen LogP) is 2.07. The van der Waals surface area contributed by atoms with Crippen molar-refractivity contribution in [1.29, 1.82) is 0 Å². The molecule has 1 aliphatic carbocycles. The molecule has 1 amide bonds. The van der Waals surface area contributed by atoms with Crippen LogP contribution in [0.3, 0.4) is 0 Å². The summed E-state index contributed by atoms with van der Waals surface area (Å²) in [6.07, 6.45) is 2.30. The van der Waals surface area contributed by atoms with Crippen molar-refractivity contribution in [2.75, 3.05) is 6.61 Å². The van der Waals surface area contributed by atoms with Crippen LogP contribution in [0, 0.1) is 0 Å². The summed E-state index contributed by atoms with van der Waals surface area (Å²) in [5, 5.41) is 9.42. The minimum atomic E-state index is -0.289. The summed E-state index contributed by atoms with van der Waals surface area (Å²) in [6.45, 7) is 4.84. The molecule has 0 radical (unpaired) electrons. The van der Waals surface area contributed by atoms with E-state index in [0.29, 0.717) is 6.04 Å². The molecule has 3 heteroatoms. The molecule has 3 nitrogen and oxygen atoms in total. The second-order valence-electron chi connectivity index (χ2n) is 6.08. The summed E-state index contributed by atoms with van der Waals surface area (Å²) in [5.41, 5.74) is 2.71. The second kappa shape index (κ2) is 3.82. The Morgan fingerprint density at radius 1 is 1.39 bits per heavy atom. The van der Waals surface area contributed by atoms with E-state index in [1.807, 2.05) is 36.9 Å². The minimum absolute atomic E-state index is 0.0896. The van der Waals surface area contributed by atoms with Crippen molar-refractivity contribution in [2.24, 2.45) is 0 Å². The van der Waals surface area contributed by atoms with E-state index in [1.54, 1.807) is 0 Å². The number of fused-ring (bicyclic) bond motifs is 1. The first-order valence-electron chi connectivity index (χ1n) is 6.58. The number of hydrogen-bond acceptors (Lipinski definition) is 2. The Kier molecular flexibility index (Phi) is 2.49. The Bertz CT molecular complexity index is 503. The largest absolute Gasteiger partial charge is 0.395 e. The van der Waals surface area contributed by atoms with Gasteiger partial charge in [0.15, 0.2) is 0 Å². The van der Waals surface area contributed by atoms with Crippen molar-refractivity contribution < 1.29 is 9.90 Å². The second-order valence-corrected chi connectivity index (χ2v) is 6.08. The van der Waals surface area contributed by atoms with Gasteiger partial charge in [0.05, 0.1) is 6.61 Å². The monoisotopic (exact) mass is 245 g/mol. The number of hydrogen-bond donors (Lipinski definition) is 1. The lowest BCUT2D eigenvalue weighted by atomic mass is 9.84. The SMILES string of the molecule is CC(C)(CO)c1ccc2c(c1)C(=O)N(C1CC1)C2. The Morgan fingerprint density at radius 3 is 2.72 bits per heavy atom. The van der Waals surface area contributed by atoms with Crippen LogP contribution < -0.4 is 0 Å². The van der Waals surface area contributed by atoms with Crippen molar-refractivity contribution in [3.05, 3.63) is 34.9 Å². The van der Waals surface area contributed by atoms with Crippen molar-refractivity contribution in [1.82, 2.24) is 4.90 Å². The lowest BCUT2D eigenvalue weighted by molar-refractivity contribution is 0.0766. The van der Waals surface area contributed by atoms with E-state index < -0.39 is 0 Å². The maximum absolute atomic E-state index is 12.3. The fourth-order valence-corrected chi connectivity index (χ4v) is 2.52. The van der Waals surface area contributed by atoms with Gasteiger partial charge >= 0.3 is 0 Å². The first kappa shape index (κ1) is 11.7. The van der Waals surface area contributed by atoms with E-state index in [-0.39, 0.29) is 17.9 Å². The Morgan fingerprint density at radius 2 is 2.11 bits per heavy atom. The number of aliphatic hydroxyl groups excluding tert-OH is 1. The van der Waals surface area contributed by atoms with E-state index in [4.69, 9.17) is 0 Å². The number of amides is 1. The highest BCUT2D eigenvalue weighted by Gasteiger charge is 2.38. The van der Waals surface area contributed by atoms with E-state index >= 15 is 0 Å².